The Kier molecular flexibility index (Phi) is 5.67. The molecule has 1 spiro atoms. The molecule has 1 aromatic carbocycles. The highest BCUT2D eigenvalue weighted by Crippen LogP contribution is 2.54. The maximum atomic E-state index is 13.5. The van der Waals surface area contributed by atoms with E-state index in [1.165, 1.54) is 0 Å². The van der Waals surface area contributed by atoms with Gasteiger partial charge >= 0.3 is 0 Å². The number of benzene rings is 1. The zero-order chi connectivity index (χ0) is 25.9. The molecule has 0 bridgehead atoms. The first kappa shape index (κ1) is 24.2. The van der Waals surface area contributed by atoms with E-state index in [1.807, 2.05) is 35.2 Å². The number of nitrogens with zero attached hydrogens (tertiary/aromatic N) is 4. The number of amides is 3. The van der Waals surface area contributed by atoms with Gasteiger partial charge in [0.05, 0.1) is 36.4 Å². The lowest BCUT2D eigenvalue weighted by atomic mass is 9.70. The number of carbonyl (C=O) groups is 3. The normalized spacial score (nSPS) is 28.9. The molecule has 2 saturated carbocycles. The molecular formula is C28H35N5O4. The van der Waals surface area contributed by atoms with Crippen LogP contribution in [0.2, 0.25) is 0 Å². The van der Waals surface area contributed by atoms with Crippen molar-refractivity contribution in [2.45, 2.75) is 51.8 Å². The third-order valence-corrected chi connectivity index (χ3v) is 9.02. The molecule has 2 saturated heterocycles. The van der Waals surface area contributed by atoms with E-state index < -0.39 is 17.4 Å². The second-order valence-corrected chi connectivity index (χ2v) is 12.2. The molecule has 4 aliphatic rings. The SMILES string of the molecule is CC1(C)CC1C(=O)N1CC2(CN(C(=O)c3cnn(Cc4ccccc4)c3)CC2C(=O)NC2CCC2O)C1. The minimum atomic E-state index is -0.508. The molecule has 3 heterocycles. The summed E-state index contributed by atoms with van der Waals surface area (Å²) in [6.07, 6.45) is 5.19. The van der Waals surface area contributed by atoms with Gasteiger partial charge in [-0.15, -0.1) is 0 Å². The van der Waals surface area contributed by atoms with Gasteiger partial charge in [0.15, 0.2) is 0 Å². The Labute approximate surface area is 216 Å². The molecule has 6 rings (SSSR count). The fourth-order valence-electron chi connectivity index (χ4n) is 6.23. The van der Waals surface area contributed by atoms with Crippen molar-refractivity contribution in [1.82, 2.24) is 24.9 Å². The number of carbonyl (C=O) groups excluding carboxylic acids is 3. The summed E-state index contributed by atoms with van der Waals surface area (Å²) in [5.74, 6) is -0.476. The zero-order valence-electron chi connectivity index (χ0n) is 21.5. The average molecular weight is 506 g/mol. The molecule has 2 aliphatic carbocycles. The summed E-state index contributed by atoms with van der Waals surface area (Å²) in [7, 11) is 0. The molecule has 0 radical (unpaired) electrons. The van der Waals surface area contributed by atoms with Gasteiger partial charge in [-0.3, -0.25) is 19.1 Å². The van der Waals surface area contributed by atoms with Gasteiger partial charge in [0, 0.05) is 43.7 Å². The zero-order valence-corrected chi connectivity index (χ0v) is 21.5. The minimum Gasteiger partial charge on any atom is -0.391 e. The van der Waals surface area contributed by atoms with Crippen LogP contribution in [0, 0.1) is 22.7 Å². The van der Waals surface area contributed by atoms with Crippen LogP contribution in [0.3, 0.4) is 0 Å². The number of hydrogen-bond acceptors (Lipinski definition) is 5. The van der Waals surface area contributed by atoms with E-state index in [1.54, 1.807) is 22.0 Å². The van der Waals surface area contributed by atoms with Crippen molar-refractivity contribution in [2.75, 3.05) is 26.2 Å². The van der Waals surface area contributed by atoms with Crippen molar-refractivity contribution in [2.24, 2.45) is 22.7 Å². The van der Waals surface area contributed by atoms with Crippen LogP contribution in [-0.2, 0) is 16.1 Å². The number of aliphatic hydroxyl groups excluding tert-OH is 1. The van der Waals surface area contributed by atoms with Gasteiger partial charge in [-0.1, -0.05) is 44.2 Å². The molecule has 2 N–H and O–H groups in total. The highest BCUT2D eigenvalue weighted by molar-refractivity contribution is 5.95. The molecule has 37 heavy (non-hydrogen) atoms. The molecule has 9 heteroatoms. The average Bonchev–Trinajstić information content (AvgIpc) is 3.20. The standard InChI is InChI=1S/C28H35N5O4/c1-27(2)10-20(27)26(37)32-16-28(17-32)15-31(14-21(28)24(35)30-22-8-9-23(22)34)25(36)19-11-29-33(13-19)12-18-6-4-3-5-7-18/h3-7,11,13,20-23,34H,8-10,12,14-17H2,1-2H3,(H,30,35). The number of nitrogens with one attached hydrogen (secondary N) is 1. The first-order chi connectivity index (χ1) is 17.6. The number of aliphatic hydroxyl groups is 1. The van der Waals surface area contributed by atoms with Crippen LogP contribution >= 0.6 is 0 Å². The third-order valence-electron chi connectivity index (χ3n) is 9.02. The number of hydrogen-bond donors (Lipinski definition) is 2. The van der Waals surface area contributed by atoms with Crippen LogP contribution < -0.4 is 5.32 Å². The van der Waals surface area contributed by atoms with Gasteiger partial charge in [-0.2, -0.15) is 5.10 Å². The Morgan fingerprint density at radius 2 is 1.76 bits per heavy atom. The highest BCUT2D eigenvalue weighted by atomic mass is 16.3. The third kappa shape index (κ3) is 4.33. The number of rotatable bonds is 6. The lowest BCUT2D eigenvalue weighted by molar-refractivity contribution is -0.152. The molecule has 4 fully saturated rings. The molecule has 2 aromatic rings. The molecule has 3 amide bonds. The maximum absolute atomic E-state index is 13.5. The molecule has 4 atom stereocenters. The lowest BCUT2D eigenvalue weighted by Crippen LogP contribution is -2.65. The number of likely N-dealkylation sites (tertiary alicyclic amines) is 2. The lowest BCUT2D eigenvalue weighted by Gasteiger charge is -2.51. The van der Waals surface area contributed by atoms with E-state index in [4.69, 9.17) is 0 Å². The van der Waals surface area contributed by atoms with Gasteiger partial charge in [0.1, 0.15) is 0 Å². The van der Waals surface area contributed by atoms with Crippen LogP contribution in [0.1, 0.15) is 49.0 Å². The van der Waals surface area contributed by atoms with Crippen molar-refractivity contribution in [3.63, 3.8) is 0 Å². The molecule has 4 unspecified atom stereocenters. The largest absolute Gasteiger partial charge is 0.391 e. The second-order valence-electron chi connectivity index (χ2n) is 12.2. The van der Waals surface area contributed by atoms with E-state index in [-0.39, 0.29) is 35.1 Å². The molecule has 1 aromatic heterocycles. The summed E-state index contributed by atoms with van der Waals surface area (Å²) in [6, 6.07) is 9.71. The van der Waals surface area contributed by atoms with Crippen LogP contribution in [0.15, 0.2) is 42.7 Å². The van der Waals surface area contributed by atoms with Gasteiger partial charge in [-0.05, 0) is 30.2 Å². The predicted molar refractivity (Wildman–Crippen MR) is 135 cm³/mol. The Bertz CT molecular complexity index is 1220. The maximum Gasteiger partial charge on any atom is 0.257 e. The summed E-state index contributed by atoms with van der Waals surface area (Å²) < 4.78 is 1.75. The van der Waals surface area contributed by atoms with Crippen molar-refractivity contribution in [3.05, 3.63) is 53.9 Å². The molecule has 196 valence electrons. The quantitative estimate of drug-likeness (QED) is 0.619. The summed E-state index contributed by atoms with van der Waals surface area (Å²) in [4.78, 5) is 43.4. The van der Waals surface area contributed by atoms with Gasteiger partial charge < -0.3 is 20.2 Å². The van der Waals surface area contributed by atoms with Gasteiger partial charge in [-0.25, -0.2) is 0 Å². The van der Waals surface area contributed by atoms with E-state index in [0.29, 0.717) is 44.7 Å². The summed E-state index contributed by atoms with van der Waals surface area (Å²) in [5.41, 5.74) is 1.18. The van der Waals surface area contributed by atoms with Crippen LogP contribution in [0.5, 0.6) is 0 Å². The Morgan fingerprint density at radius 1 is 1.05 bits per heavy atom. The fourth-order valence-corrected chi connectivity index (χ4v) is 6.23. The first-order valence-electron chi connectivity index (χ1n) is 13.3. The Balaban J connectivity index is 1.16. The van der Waals surface area contributed by atoms with E-state index >= 15 is 0 Å². The molecule has 9 nitrogen and oxygen atoms in total. The Morgan fingerprint density at radius 3 is 2.38 bits per heavy atom. The van der Waals surface area contributed by atoms with Crippen molar-refractivity contribution in [3.8, 4) is 0 Å². The predicted octanol–water partition coefficient (Wildman–Crippen LogP) is 1.52. The molecular weight excluding hydrogens is 470 g/mol. The first-order valence-corrected chi connectivity index (χ1v) is 13.3. The minimum absolute atomic E-state index is 0.0502. The van der Waals surface area contributed by atoms with Crippen molar-refractivity contribution in [1.29, 1.82) is 0 Å². The monoisotopic (exact) mass is 505 g/mol. The smallest absolute Gasteiger partial charge is 0.257 e. The van der Waals surface area contributed by atoms with E-state index in [9.17, 15) is 19.5 Å². The molecule has 2 aliphatic heterocycles. The van der Waals surface area contributed by atoms with Crippen LogP contribution in [0.25, 0.3) is 0 Å². The van der Waals surface area contributed by atoms with Crippen LogP contribution in [0.4, 0.5) is 0 Å². The van der Waals surface area contributed by atoms with Crippen molar-refractivity contribution < 1.29 is 19.5 Å². The van der Waals surface area contributed by atoms with E-state index in [2.05, 4.69) is 24.3 Å². The topological polar surface area (TPSA) is 108 Å². The fraction of sp³-hybridized carbons (Fsp3) is 0.571. The Hall–Kier alpha value is -3.20. The van der Waals surface area contributed by atoms with E-state index in [0.717, 1.165) is 18.4 Å². The van der Waals surface area contributed by atoms with Gasteiger partial charge in [0.2, 0.25) is 11.8 Å². The summed E-state index contributed by atoms with van der Waals surface area (Å²) >= 11 is 0. The van der Waals surface area contributed by atoms with Crippen LogP contribution in [-0.4, -0.2) is 80.7 Å². The summed E-state index contributed by atoms with van der Waals surface area (Å²) in [5, 5.41) is 17.4. The highest BCUT2D eigenvalue weighted by Gasteiger charge is 2.62. The van der Waals surface area contributed by atoms with Crippen molar-refractivity contribution >= 4 is 17.7 Å². The summed E-state index contributed by atoms with van der Waals surface area (Å²) in [6.45, 7) is 6.49. The number of aromatic nitrogens is 2. The van der Waals surface area contributed by atoms with Gasteiger partial charge in [0.25, 0.3) is 5.91 Å². The second kappa shape index (κ2) is 8.68.